The zero-order chi connectivity index (χ0) is 11.4. The Morgan fingerprint density at radius 2 is 2.19 bits per heavy atom. The molecule has 2 N–H and O–H groups in total. The first-order valence-electron chi connectivity index (χ1n) is 4.52. The molecule has 0 atom stereocenters. The molecule has 0 aliphatic carbocycles. The molecule has 0 aromatic carbocycles. The highest BCUT2D eigenvalue weighted by atomic mass is 35.5. The number of hydrogen-bond donors (Lipinski definition) is 2. The Labute approximate surface area is 101 Å². The zero-order valence-electron chi connectivity index (χ0n) is 8.11. The van der Waals surface area contributed by atoms with E-state index in [2.05, 4.69) is 30.7 Å². The molecule has 2 rings (SSSR count). The van der Waals surface area contributed by atoms with E-state index in [1.54, 1.807) is 6.07 Å². The molecule has 0 saturated heterocycles. The molecular weight excluding hydrogens is 251 g/mol. The number of nitrogens with one attached hydrogen (secondary N) is 2. The van der Waals surface area contributed by atoms with Gasteiger partial charge in [0.25, 0.3) is 0 Å². The molecule has 0 saturated carbocycles. The molecule has 2 aromatic rings. The van der Waals surface area contributed by atoms with Crippen LogP contribution in [0.15, 0.2) is 12.4 Å². The molecule has 84 valence electrons. The molecule has 0 fully saturated rings. The topological polar surface area (TPSA) is 79.4 Å². The number of aromatic amines is 1. The monoisotopic (exact) mass is 258 g/mol. The van der Waals surface area contributed by atoms with Crippen LogP contribution >= 0.6 is 23.2 Å². The first-order chi connectivity index (χ1) is 7.75. The number of H-pyrrole nitrogens is 1. The predicted octanol–water partition coefficient (Wildman–Crippen LogP) is 1.56. The maximum atomic E-state index is 5.83. The van der Waals surface area contributed by atoms with E-state index in [1.165, 1.54) is 6.33 Å². The van der Waals surface area contributed by atoms with Crippen molar-refractivity contribution in [3.05, 3.63) is 28.5 Å². The third-order valence-corrected chi connectivity index (χ3v) is 2.33. The van der Waals surface area contributed by atoms with E-state index < -0.39 is 0 Å². The van der Waals surface area contributed by atoms with Crippen LogP contribution in [0.5, 0.6) is 0 Å². The van der Waals surface area contributed by atoms with E-state index in [-0.39, 0.29) is 0 Å². The third-order valence-electron chi connectivity index (χ3n) is 1.86. The van der Waals surface area contributed by atoms with Crippen molar-refractivity contribution in [2.75, 3.05) is 11.9 Å². The molecule has 16 heavy (non-hydrogen) atoms. The van der Waals surface area contributed by atoms with Crippen molar-refractivity contribution < 1.29 is 0 Å². The fraction of sp³-hybridized carbons (Fsp3) is 0.250. The molecule has 0 bridgehead atoms. The maximum absolute atomic E-state index is 5.83. The number of nitrogens with zero attached hydrogens (tertiary/aromatic N) is 4. The molecule has 0 amide bonds. The Morgan fingerprint density at radius 3 is 2.94 bits per heavy atom. The second-order valence-corrected chi connectivity index (χ2v) is 3.73. The average molecular weight is 259 g/mol. The molecule has 2 heterocycles. The summed E-state index contributed by atoms with van der Waals surface area (Å²) in [4.78, 5) is 3.99. The van der Waals surface area contributed by atoms with Crippen LogP contribution in [0.1, 0.15) is 5.82 Å². The van der Waals surface area contributed by atoms with Gasteiger partial charge in [-0.05, 0) is 0 Å². The molecule has 0 aliphatic heterocycles. The SMILES string of the molecule is Clc1cc(NCCc2ncn[nH]2)c(Cl)nn1. The van der Waals surface area contributed by atoms with Crippen LogP contribution in [0.3, 0.4) is 0 Å². The van der Waals surface area contributed by atoms with Crippen LogP contribution in [0, 0.1) is 0 Å². The van der Waals surface area contributed by atoms with E-state index >= 15 is 0 Å². The van der Waals surface area contributed by atoms with Crippen molar-refractivity contribution in [3.63, 3.8) is 0 Å². The van der Waals surface area contributed by atoms with Crippen molar-refractivity contribution >= 4 is 28.9 Å². The van der Waals surface area contributed by atoms with Crippen molar-refractivity contribution in [2.24, 2.45) is 0 Å². The number of halogens is 2. The number of anilines is 1. The Hall–Kier alpha value is -1.40. The van der Waals surface area contributed by atoms with Gasteiger partial charge < -0.3 is 5.32 Å². The lowest BCUT2D eigenvalue weighted by Crippen LogP contribution is -2.07. The highest BCUT2D eigenvalue weighted by Gasteiger charge is 2.03. The van der Waals surface area contributed by atoms with Crippen molar-refractivity contribution in [3.8, 4) is 0 Å². The lowest BCUT2D eigenvalue weighted by molar-refractivity contribution is 0.898. The fourth-order valence-corrected chi connectivity index (χ4v) is 1.45. The van der Waals surface area contributed by atoms with Crippen molar-refractivity contribution in [1.82, 2.24) is 25.4 Å². The van der Waals surface area contributed by atoms with Gasteiger partial charge in [0.1, 0.15) is 12.2 Å². The zero-order valence-corrected chi connectivity index (χ0v) is 9.63. The van der Waals surface area contributed by atoms with E-state index in [0.29, 0.717) is 29.0 Å². The van der Waals surface area contributed by atoms with Crippen LogP contribution in [-0.4, -0.2) is 31.9 Å². The summed E-state index contributed by atoms with van der Waals surface area (Å²) in [5, 5.41) is 17.5. The lowest BCUT2D eigenvalue weighted by Gasteiger charge is -2.05. The summed E-state index contributed by atoms with van der Waals surface area (Å²) in [7, 11) is 0. The van der Waals surface area contributed by atoms with Gasteiger partial charge >= 0.3 is 0 Å². The van der Waals surface area contributed by atoms with Crippen molar-refractivity contribution in [1.29, 1.82) is 0 Å². The van der Waals surface area contributed by atoms with Gasteiger partial charge in [-0.3, -0.25) is 5.10 Å². The second-order valence-electron chi connectivity index (χ2n) is 2.98. The summed E-state index contributed by atoms with van der Waals surface area (Å²) in [6.45, 7) is 0.650. The minimum Gasteiger partial charge on any atom is -0.382 e. The summed E-state index contributed by atoms with van der Waals surface area (Å²) < 4.78 is 0. The Kier molecular flexibility index (Phi) is 3.53. The molecule has 6 nitrogen and oxygen atoms in total. The fourth-order valence-electron chi connectivity index (χ4n) is 1.14. The van der Waals surface area contributed by atoms with Crippen LogP contribution in [0.25, 0.3) is 0 Å². The molecule has 0 spiro atoms. The molecule has 0 aliphatic rings. The molecule has 0 radical (unpaired) electrons. The normalized spacial score (nSPS) is 10.4. The number of rotatable bonds is 4. The molecule has 2 aromatic heterocycles. The highest BCUT2D eigenvalue weighted by Crippen LogP contribution is 2.20. The van der Waals surface area contributed by atoms with Crippen LogP contribution in [0.2, 0.25) is 10.3 Å². The van der Waals surface area contributed by atoms with E-state index in [4.69, 9.17) is 23.2 Å². The Bertz CT molecular complexity index is 458. The highest BCUT2D eigenvalue weighted by molar-refractivity contribution is 6.33. The largest absolute Gasteiger partial charge is 0.382 e. The Balaban J connectivity index is 1.92. The summed E-state index contributed by atoms with van der Waals surface area (Å²) in [6, 6.07) is 1.62. The minimum absolute atomic E-state index is 0.293. The van der Waals surface area contributed by atoms with E-state index in [1.807, 2.05) is 0 Å². The predicted molar refractivity (Wildman–Crippen MR) is 60.6 cm³/mol. The minimum atomic E-state index is 0.293. The van der Waals surface area contributed by atoms with Gasteiger partial charge in [-0.2, -0.15) is 5.10 Å². The number of aromatic nitrogens is 5. The standard InChI is InChI=1S/C8H8Cl2N6/c9-6-3-5(8(10)16-14-6)11-2-1-7-12-4-13-15-7/h3-4H,1-2H2,(H,11,14)(H,12,13,15). The third kappa shape index (κ3) is 2.80. The van der Waals surface area contributed by atoms with Crippen LogP contribution in [0.4, 0.5) is 5.69 Å². The van der Waals surface area contributed by atoms with Gasteiger partial charge in [0, 0.05) is 19.0 Å². The first kappa shape index (κ1) is 11.1. The molecular formula is C8H8Cl2N6. The van der Waals surface area contributed by atoms with Gasteiger partial charge in [0.15, 0.2) is 10.3 Å². The molecule has 8 heteroatoms. The smallest absolute Gasteiger partial charge is 0.174 e. The summed E-state index contributed by atoms with van der Waals surface area (Å²) in [5.74, 6) is 0.803. The summed E-state index contributed by atoms with van der Waals surface area (Å²) in [5.41, 5.74) is 0.654. The van der Waals surface area contributed by atoms with E-state index in [9.17, 15) is 0 Å². The molecule has 0 unspecified atom stereocenters. The first-order valence-corrected chi connectivity index (χ1v) is 5.28. The van der Waals surface area contributed by atoms with Crippen LogP contribution < -0.4 is 5.32 Å². The van der Waals surface area contributed by atoms with Crippen LogP contribution in [-0.2, 0) is 6.42 Å². The maximum Gasteiger partial charge on any atom is 0.174 e. The summed E-state index contributed by atoms with van der Waals surface area (Å²) >= 11 is 11.5. The quantitative estimate of drug-likeness (QED) is 0.870. The summed E-state index contributed by atoms with van der Waals surface area (Å²) in [6.07, 6.45) is 2.17. The second kappa shape index (κ2) is 5.09. The average Bonchev–Trinajstić information content (AvgIpc) is 2.76. The van der Waals surface area contributed by atoms with E-state index in [0.717, 1.165) is 5.82 Å². The van der Waals surface area contributed by atoms with Gasteiger partial charge in [-0.15, -0.1) is 10.2 Å². The van der Waals surface area contributed by atoms with Gasteiger partial charge in [0.2, 0.25) is 0 Å². The lowest BCUT2D eigenvalue weighted by atomic mass is 10.4. The number of hydrogen-bond acceptors (Lipinski definition) is 5. The van der Waals surface area contributed by atoms with Crippen molar-refractivity contribution in [2.45, 2.75) is 6.42 Å². The van der Waals surface area contributed by atoms with Gasteiger partial charge in [0.05, 0.1) is 5.69 Å². The van der Waals surface area contributed by atoms with Gasteiger partial charge in [-0.1, -0.05) is 23.2 Å². The Morgan fingerprint density at radius 1 is 1.31 bits per heavy atom. The van der Waals surface area contributed by atoms with Gasteiger partial charge in [-0.25, -0.2) is 4.98 Å².